The molecule has 1 aliphatic rings. The third-order valence-corrected chi connectivity index (χ3v) is 4.63. The van der Waals surface area contributed by atoms with Crippen LogP contribution < -0.4 is 5.73 Å². The predicted molar refractivity (Wildman–Crippen MR) is 80.1 cm³/mol. The maximum atomic E-state index is 5.78. The Morgan fingerprint density at radius 2 is 2.11 bits per heavy atom. The van der Waals surface area contributed by atoms with E-state index >= 15 is 0 Å². The van der Waals surface area contributed by atoms with Gasteiger partial charge in [0.15, 0.2) is 0 Å². The van der Waals surface area contributed by atoms with E-state index in [0.29, 0.717) is 6.04 Å². The highest BCUT2D eigenvalue weighted by atomic mass is 32.2. The standard InChI is InChI=1S/C15H19N3S/c16-12-4-3-7-15(10-12)19-11-13-8-9-18(17-13)14-5-1-2-6-14/h3-4,7-10,14H,1-2,5-6,11,16H2. The molecule has 0 bridgehead atoms. The number of benzene rings is 1. The van der Waals surface area contributed by atoms with Gasteiger partial charge >= 0.3 is 0 Å². The molecule has 100 valence electrons. The third-order valence-electron chi connectivity index (χ3n) is 3.61. The third kappa shape index (κ3) is 3.13. The van der Waals surface area contributed by atoms with Crippen molar-refractivity contribution in [1.82, 2.24) is 9.78 Å². The molecule has 0 amide bonds. The second kappa shape index (κ2) is 5.70. The molecule has 2 aromatic rings. The van der Waals surface area contributed by atoms with Crippen molar-refractivity contribution in [3.63, 3.8) is 0 Å². The Balaban J connectivity index is 1.61. The van der Waals surface area contributed by atoms with Gasteiger partial charge < -0.3 is 5.73 Å². The highest BCUT2D eigenvalue weighted by molar-refractivity contribution is 7.98. The van der Waals surface area contributed by atoms with E-state index in [2.05, 4.69) is 23.0 Å². The summed E-state index contributed by atoms with van der Waals surface area (Å²) in [6, 6.07) is 10.8. The minimum Gasteiger partial charge on any atom is -0.399 e. The van der Waals surface area contributed by atoms with Gasteiger partial charge in [-0.25, -0.2) is 0 Å². The lowest BCUT2D eigenvalue weighted by Gasteiger charge is -2.08. The second-order valence-corrected chi connectivity index (χ2v) is 6.14. The van der Waals surface area contributed by atoms with E-state index in [0.717, 1.165) is 17.1 Å². The fourth-order valence-electron chi connectivity index (χ4n) is 2.59. The molecule has 0 unspecified atom stereocenters. The number of nitrogens with two attached hydrogens (primary N) is 1. The van der Waals surface area contributed by atoms with Gasteiger partial charge in [0, 0.05) is 22.5 Å². The van der Waals surface area contributed by atoms with Crippen LogP contribution in [0, 0.1) is 0 Å². The van der Waals surface area contributed by atoms with Crippen molar-refractivity contribution in [1.29, 1.82) is 0 Å². The molecule has 1 fully saturated rings. The number of nitrogens with zero attached hydrogens (tertiary/aromatic N) is 2. The summed E-state index contributed by atoms with van der Waals surface area (Å²) in [5.41, 5.74) is 7.75. The van der Waals surface area contributed by atoms with Crippen molar-refractivity contribution < 1.29 is 0 Å². The molecule has 1 heterocycles. The lowest BCUT2D eigenvalue weighted by molar-refractivity contribution is 0.464. The summed E-state index contributed by atoms with van der Waals surface area (Å²) in [5.74, 6) is 0.906. The lowest BCUT2D eigenvalue weighted by atomic mass is 10.3. The van der Waals surface area contributed by atoms with Crippen molar-refractivity contribution in [3.05, 3.63) is 42.2 Å². The van der Waals surface area contributed by atoms with Gasteiger partial charge in [-0.15, -0.1) is 11.8 Å². The zero-order valence-electron chi connectivity index (χ0n) is 11.0. The zero-order chi connectivity index (χ0) is 13.1. The van der Waals surface area contributed by atoms with Gasteiger partial charge in [-0.05, 0) is 37.1 Å². The van der Waals surface area contributed by atoms with Crippen LogP contribution in [0.25, 0.3) is 0 Å². The van der Waals surface area contributed by atoms with Crippen LogP contribution in [0.3, 0.4) is 0 Å². The highest BCUT2D eigenvalue weighted by Gasteiger charge is 2.17. The highest BCUT2D eigenvalue weighted by Crippen LogP contribution is 2.29. The van der Waals surface area contributed by atoms with Crippen LogP contribution in [0.1, 0.15) is 37.4 Å². The van der Waals surface area contributed by atoms with E-state index in [9.17, 15) is 0 Å². The summed E-state index contributed by atoms with van der Waals surface area (Å²) in [6.07, 6.45) is 7.38. The van der Waals surface area contributed by atoms with Crippen LogP contribution in [0.15, 0.2) is 41.4 Å². The van der Waals surface area contributed by atoms with Gasteiger partial charge in [0.2, 0.25) is 0 Å². The fourth-order valence-corrected chi connectivity index (χ4v) is 3.45. The minimum absolute atomic E-state index is 0.631. The molecule has 0 radical (unpaired) electrons. The molecule has 3 rings (SSSR count). The molecule has 0 spiro atoms. The predicted octanol–water partition coefficient (Wildman–Crippen LogP) is 3.87. The number of hydrogen-bond acceptors (Lipinski definition) is 3. The van der Waals surface area contributed by atoms with E-state index in [4.69, 9.17) is 10.8 Å². The van der Waals surface area contributed by atoms with Gasteiger partial charge in [0.05, 0.1) is 11.7 Å². The van der Waals surface area contributed by atoms with Crippen LogP contribution in [-0.2, 0) is 5.75 Å². The average molecular weight is 273 g/mol. The number of hydrogen-bond donors (Lipinski definition) is 1. The Morgan fingerprint density at radius 3 is 2.89 bits per heavy atom. The van der Waals surface area contributed by atoms with Gasteiger partial charge in [0.25, 0.3) is 0 Å². The van der Waals surface area contributed by atoms with Gasteiger partial charge in [0.1, 0.15) is 0 Å². The number of rotatable bonds is 4. The van der Waals surface area contributed by atoms with E-state index < -0.39 is 0 Å². The monoisotopic (exact) mass is 273 g/mol. The van der Waals surface area contributed by atoms with E-state index in [-0.39, 0.29) is 0 Å². The molecule has 0 aliphatic heterocycles. The topological polar surface area (TPSA) is 43.8 Å². The first kappa shape index (κ1) is 12.6. The molecular formula is C15H19N3S. The molecule has 3 nitrogen and oxygen atoms in total. The number of nitrogen functional groups attached to an aromatic ring is 1. The maximum Gasteiger partial charge on any atom is 0.0727 e. The van der Waals surface area contributed by atoms with Crippen molar-refractivity contribution in [2.24, 2.45) is 0 Å². The largest absolute Gasteiger partial charge is 0.399 e. The van der Waals surface area contributed by atoms with Crippen LogP contribution in [0.5, 0.6) is 0 Å². The minimum atomic E-state index is 0.631. The van der Waals surface area contributed by atoms with Crippen LogP contribution in [-0.4, -0.2) is 9.78 Å². The van der Waals surface area contributed by atoms with Crippen molar-refractivity contribution >= 4 is 17.4 Å². The molecule has 19 heavy (non-hydrogen) atoms. The summed E-state index contributed by atoms with van der Waals surface area (Å²) in [6.45, 7) is 0. The quantitative estimate of drug-likeness (QED) is 0.679. The molecule has 1 saturated carbocycles. The van der Waals surface area contributed by atoms with E-state index in [1.54, 1.807) is 11.8 Å². The Kier molecular flexibility index (Phi) is 3.78. The van der Waals surface area contributed by atoms with Gasteiger partial charge in [-0.2, -0.15) is 5.10 Å². The zero-order valence-corrected chi connectivity index (χ0v) is 11.8. The van der Waals surface area contributed by atoms with Gasteiger partial charge in [-0.3, -0.25) is 4.68 Å². The number of aromatic nitrogens is 2. The van der Waals surface area contributed by atoms with E-state index in [1.165, 1.54) is 30.6 Å². The Bertz CT molecular complexity index is 544. The number of anilines is 1. The van der Waals surface area contributed by atoms with Crippen molar-refractivity contribution in [2.45, 2.75) is 42.4 Å². The summed E-state index contributed by atoms with van der Waals surface area (Å²) >= 11 is 1.79. The Hall–Kier alpha value is -1.42. The first-order valence-electron chi connectivity index (χ1n) is 6.83. The molecule has 0 atom stereocenters. The molecule has 0 saturated heterocycles. The van der Waals surface area contributed by atoms with Crippen LogP contribution in [0.4, 0.5) is 5.69 Å². The smallest absolute Gasteiger partial charge is 0.0727 e. The van der Waals surface area contributed by atoms with Crippen LogP contribution in [0.2, 0.25) is 0 Å². The maximum absolute atomic E-state index is 5.78. The normalized spacial score (nSPS) is 16.0. The van der Waals surface area contributed by atoms with Gasteiger partial charge in [-0.1, -0.05) is 18.9 Å². The first-order valence-corrected chi connectivity index (χ1v) is 7.82. The molecule has 1 aliphatic carbocycles. The summed E-state index contributed by atoms with van der Waals surface area (Å²) in [5, 5.41) is 4.69. The van der Waals surface area contributed by atoms with Crippen molar-refractivity contribution in [2.75, 3.05) is 5.73 Å². The lowest BCUT2D eigenvalue weighted by Crippen LogP contribution is -2.05. The summed E-state index contributed by atoms with van der Waals surface area (Å²) in [7, 11) is 0. The molecule has 1 aromatic carbocycles. The first-order chi connectivity index (χ1) is 9.31. The fraction of sp³-hybridized carbons (Fsp3) is 0.400. The molecule has 2 N–H and O–H groups in total. The molecule has 4 heteroatoms. The summed E-state index contributed by atoms with van der Waals surface area (Å²) in [4.78, 5) is 1.20. The second-order valence-electron chi connectivity index (χ2n) is 5.09. The molecule has 1 aromatic heterocycles. The number of thioether (sulfide) groups is 1. The summed E-state index contributed by atoms with van der Waals surface area (Å²) < 4.78 is 2.16. The Morgan fingerprint density at radius 1 is 1.26 bits per heavy atom. The Labute approximate surface area is 118 Å². The molecular weight excluding hydrogens is 254 g/mol. The van der Waals surface area contributed by atoms with E-state index in [1.807, 2.05) is 18.2 Å². The SMILES string of the molecule is Nc1cccc(SCc2ccn(C3CCCC3)n2)c1. The average Bonchev–Trinajstić information content (AvgIpc) is 3.07. The van der Waals surface area contributed by atoms with Crippen molar-refractivity contribution in [3.8, 4) is 0 Å². The van der Waals surface area contributed by atoms with Crippen LogP contribution >= 0.6 is 11.8 Å².